The van der Waals surface area contributed by atoms with Crippen LogP contribution in [0.25, 0.3) is 0 Å². The van der Waals surface area contributed by atoms with Crippen molar-refractivity contribution in [1.29, 1.82) is 0 Å². The van der Waals surface area contributed by atoms with Crippen LogP contribution in [0.3, 0.4) is 0 Å². The van der Waals surface area contributed by atoms with Gasteiger partial charge in [-0.2, -0.15) is 0 Å². The summed E-state index contributed by atoms with van der Waals surface area (Å²) in [5.41, 5.74) is 7.25. The molecule has 26 heavy (non-hydrogen) atoms. The summed E-state index contributed by atoms with van der Waals surface area (Å²) < 4.78 is 10.7. The van der Waals surface area contributed by atoms with E-state index in [1.165, 1.54) is 12.0 Å². The number of piperidine rings is 1. The monoisotopic (exact) mass is 360 g/mol. The van der Waals surface area contributed by atoms with Crippen molar-refractivity contribution in [2.24, 2.45) is 11.7 Å². The molecule has 0 unspecified atom stereocenters. The lowest BCUT2D eigenvalue weighted by Gasteiger charge is -2.37. The van der Waals surface area contributed by atoms with E-state index in [0.29, 0.717) is 11.9 Å². The summed E-state index contributed by atoms with van der Waals surface area (Å²) in [5, 5.41) is 0. The molecule has 0 aromatic heterocycles. The normalized spacial score (nSPS) is 26.0. The zero-order valence-electron chi connectivity index (χ0n) is 16.1. The molecule has 0 radical (unpaired) electrons. The third-order valence-corrected chi connectivity index (χ3v) is 5.95. The van der Waals surface area contributed by atoms with E-state index in [1.807, 2.05) is 12.1 Å². The molecule has 1 aromatic carbocycles. The molecule has 1 saturated carbocycles. The number of likely N-dealkylation sites (tertiary alicyclic amines) is 1. The predicted molar refractivity (Wildman–Crippen MR) is 103 cm³/mol. The largest absolute Gasteiger partial charge is 0.493 e. The second-order valence-electron chi connectivity index (χ2n) is 7.68. The van der Waals surface area contributed by atoms with Crippen LogP contribution in [0.1, 0.15) is 50.5 Å². The fraction of sp³-hybridized carbons (Fsp3) is 0.667. The van der Waals surface area contributed by atoms with Gasteiger partial charge in [-0.25, -0.2) is 0 Å². The molecule has 1 aromatic rings. The smallest absolute Gasteiger partial charge is 0.225 e. The molecule has 2 N–H and O–H groups in total. The molecule has 1 aliphatic heterocycles. The van der Waals surface area contributed by atoms with Crippen LogP contribution < -0.4 is 15.2 Å². The molecule has 144 valence electrons. The Morgan fingerprint density at radius 2 is 1.96 bits per heavy atom. The molecular weight excluding hydrogens is 328 g/mol. The highest BCUT2D eigenvalue weighted by molar-refractivity contribution is 5.79. The second-order valence-corrected chi connectivity index (χ2v) is 7.68. The minimum Gasteiger partial charge on any atom is -0.493 e. The molecule has 0 spiro atoms. The van der Waals surface area contributed by atoms with E-state index in [4.69, 9.17) is 15.2 Å². The van der Waals surface area contributed by atoms with E-state index in [1.54, 1.807) is 14.2 Å². The summed E-state index contributed by atoms with van der Waals surface area (Å²) >= 11 is 0. The van der Waals surface area contributed by atoms with Gasteiger partial charge in [-0.05, 0) is 69.1 Å². The van der Waals surface area contributed by atoms with Gasteiger partial charge in [0.1, 0.15) is 0 Å². The Bertz CT molecular complexity index is 619. The van der Waals surface area contributed by atoms with Crippen molar-refractivity contribution >= 4 is 5.91 Å². The van der Waals surface area contributed by atoms with Crippen molar-refractivity contribution in [2.45, 2.75) is 63.5 Å². The number of methoxy groups -OCH3 is 2. The van der Waals surface area contributed by atoms with Crippen LogP contribution >= 0.6 is 0 Å². The van der Waals surface area contributed by atoms with Crippen molar-refractivity contribution in [3.05, 3.63) is 23.8 Å². The fourth-order valence-electron chi connectivity index (χ4n) is 4.44. The molecule has 3 atom stereocenters. The van der Waals surface area contributed by atoms with Gasteiger partial charge in [-0.15, -0.1) is 0 Å². The van der Waals surface area contributed by atoms with Crippen LogP contribution in [0, 0.1) is 5.92 Å². The van der Waals surface area contributed by atoms with Crippen LogP contribution in [-0.4, -0.2) is 43.7 Å². The zero-order valence-corrected chi connectivity index (χ0v) is 16.1. The van der Waals surface area contributed by atoms with E-state index in [9.17, 15) is 4.79 Å². The third-order valence-electron chi connectivity index (χ3n) is 5.95. The number of benzene rings is 1. The van der Waals surface area contributed by atoms with Crippen molar-refractivity contribution in [1.82, 2.24) is 4.90 Å². The van der Waals surface area contributed by atoms with E-state index in [-0.39, 0.29) is 12.0 Å². The summed E-state index contributed by atoms with van der Waals surface area (Å²) in [6, 6.07) is 6.65. The lowest BCUT2D eigenvalue weighted by atomic mass is 9.93. The highest BCUT2D eigenvalue weighted by atomic mass is 16.5. The first-order valence-corrected chi connectivity index (χ1v) is 9.89. The molecule has 2 aliphatic rings. The van der Waals surface area contributed by atoms with Crippen LogP contribution in [0.4, 0.5) is 0 Å². The number of nitrogens with zero attached hydrogens (tertiary/aromatic N) is 1. The zero-order chi connectivity index (χ0) is 18.5. The standard InChI is InChI=1S/C21H32N2O3/c1-25-19-11-7-15(13-20(19)26-2)6-10-18-5-3-4-12-23(18)21(24)16-8-9-17(22)14-16/h7,11,13,16-18H,3-6,8-10,12,14,22H2,1-2H3/t16-,17-,18+/m1/s1. The number of carbonyl (C=O) groups excluding carboxylic acids is 1. The minimum atomic E-state index is 0.145. The van der Waals surface area contributed by atoms with E-state index in [0.717, 1.165) is 63.0 Å². The number of rotatable bonds is 6. The Morgan fingerprint density at radius 3 is 2.65 bits per heavy atom. The average Bonchev–Trinajstić information content (AvgIpc) is 3.12. The number of nitrogens with two attached hydrogens (primary N) is 1. The summed E-state index contributed by atoms with van der Waals surface area (Å²) in [4.78, 5) is 15.1. The Hall–Kier alpha value is -1.75. The molecule has 2 fully saturated rings. The summed E-state index contributed by atoms with van der Waals surface area (Å²) in [6.45, 7) is 0.904. The van der Waals surface area contributed by atoms with Gasteiger partial charge in [0.15, 0.2) is 11.5 Å². The summed E-state index contributed by atoms with van der Waals surface area (Å²) in [6.07, 6.45) is 8.19. The number of amides is 1. The van der Waals surface area contributed by atoms with Gasteiger partial charge in [0.2, 0.25) is 5.91 Å². The first-order valence-electron chi connectivity index (χ1n) is 9.89. The highest BCUT2D eigenvalue weighted by Crippen LogP contribution is 2.31. The van der Waals surface area contributed by atoms with Gasteiger partial charge in [0.05, 0.1) is 14.2 Å². The molecule has 1 amide bonds. The second kappa shape index (κ2) is 8.76. The molecule has 1 heterocycles. The predicted octanol–water partition coefficient (Wildman–Crippen LogP) is 3.14. The number of hydrogen-bond donors (Lipinski definition) is 1. The van der Waals surface area contributed by atoms with Crippen LogP contribution in [0.5, 0.6) is 11.5 Å². The lowest BCUT2D eigenvalue weighted by Crippen LogP contribution is -2.46. The number of ether oxygens (including phenoxy) is 2. The molecule has 3 rings (SSSR count). The van der Waals surface area contributed by atoms with Crippen molar-refractivity contribution < 1.29 is 14.3 Å². The van der Waals surface area contributed by atoms with Gasteiger partial charge in [-0.1, -0.05) is 6.07 Å². The van der Waals surface area contributed by atoms with Gasteiger partial charge in [0.25, 0.3) is 0 Å². The van der Waals surface area contributed by atoms with Crippen LogP contribution in [-0.2, 0) is 11.2 Å². The molecule has 0 bridgehead atoms. The first kappa shape index (κ1) is 19.0. The highest BCUT2D eigenvalue weighted by Gasteiger charge is 2.34. The molecule has 1 saturated heterocycles. The maximum absolute atomic E-state index is 13.0. The maximum Gasteiger partial charge on any atom is 0.225 e. The first-order chi connectivity index (χ1) is 12.6. The minimum absolute atomic E-state index is 0.145. The molecule has 5 nitrogen and oxygen atoms in total. The average molecular weight is 360 g/mol. The van der Waals surface area contributed by atoms with Crippen molar-refractivity contribution in [2.75, 3.05) is 20.8 Å². The van der Waals surface area contributed by atoms with Gasteiger partial charge < -0.3 is 20.1 Å². The van der Waals surface area contributed by atoms with Crippen LogP contribution in [0.2, 0.25) is 0 Å². The number of hydrogen-bond acceptors (Lipinski definition) is 4. The van der Waals surface area contributed by atoms with E-state index < -0.39 is 0 Å². The molecule has 1 aliphatic carbocycles. The topological polar surface area (TPSA) is 64.8 Å². The number of carbonyl (C=O) groups is 1. The fourth-order valence-corrected chi connectivity index (χ4v) is 4.44. The van der Waals surface area contributed by atoms with Crippen molar-refractivity contribution in [3.8, 4) is 11.5 Å². The van der Waals surface area contributed by atoms with Crippen molar-refractivity contribution in [3.63, 3.8) is 0 Å². The Morgan fingerprint density at radius 1 is 1.15 bits per heavy atom. The Balaban J connectivity index is 1.62. The Labute approximate surface area is 156 Å². The quantitative estimate of drug-likeness (QED) is 0.846. The third kappa shape index (κ3) is 4.32. The Kier molecular flexibility index (Phi) is 6.41. The van der Waals surface area contributed by atoms with Gasteiger partial charge >= 0.3 is 0 Å². The molecular formula is C21H32N2O3. The lowest BCUT2D eigenvalue weighted by molar-refractivity contribution is -0.139. The summed E-state index contributed by atoms with van der Waals surface area (Å²) in [5.74, 6) is 2.01. The van der Waals surface area contributed by atoms with Gasteiger partial charge in [0, 0.05) is 24.5 Å². The SMILES string of the molecule is COc1ccc(CC[C@@H]2CCCCN2C(=O)[C@@H]2CC[C@@H](N)C2)cc1OC. The maximum atomic E-state index is 13.0. The summed E-state index contributed by atoms with van der Waals surface area (Å²) in [7, 11) is 3.31. The number of aryl methyl sites for hydroxylation is 1. The van der Waals surface area contributed by atoms with Gasteiger partial charge in [-0.3, -0.25) is 4.79 Å². The van der Waals surface area contributed by atoms with E-state index in [2.05, 4.69) is 11.0 Å². The van der Waals surface area contributed by atoms with Crippen LogP contribution in [0.15, 0.2) is 18.2 Å². The van der Waals surface area contributed by atoms with E-state index >= 15 is 0 Å². The molecule has 5 heteroatoms.